The van der Waals surface area contributed by atoms with Gasteiger partial charge in [-0.1, -0.05) is 15.9 Å². The highest BCUT2D eigenvalue weighted by Crippen LogP contribution is 2.39. The van der Waals surface area contributed by atoms with Gasteiger partial charge in [0.2, 0.25) is 0 Å². The Morgan fingerprint density at radius 3 is 2.30 bits per heavy atom. The summed E-state index contributed by atoms with van der Waals surface area (Å²) in [7, 11) is 0. The SMILES string of the molecule is CCOC(=O)Cc1c(C(F)(F)F)cnc(CBr)c1OC(F)(F)F. The molecule has 0 unspecified atom stereocenters. The first kappa shape index (κ1) is 19.5. The Kier molecular flexibility index (Phi) is 6.25. The van der Waals surface area contributed by atoms with Crippen LogP contribution in [-0.4, -0.2) is 23.9 Å². The number of rotatable bonds is 5. The van der Waals surface area contributed by atoms with E-state index in [0.29, 0.717) is 6.20 Å². The third-order valence-electron chi connectivity index (χ3n) is 2.49. The molecule has 4 nitrogen and oxygen atoms in total. The lowest BCUT2D eigenvalue weighted by molar-refractivity contribution is -0.275. The molecule has 0 spiro atoms. The summed E-state index contributed by atoms with van der Waals surface area (Å²) in [6.07, 6.45) is -10.9. The van der Waals surface area contributed by atoms with E-state index in [4.69, 9.17) is 0 Å². The number of hydrogen-bond donors (Lipinski definition) is 0. The number of carbonyl (C=O) groups excluding carboxylic acids is 1. The van der Waals surface area contributed by atoms with Gasteiger partial charge in [-0.2, -0.15) is 13.2 Å². The van der Waals surface area contributed by atoms with E-state index < -0.39 is 47.5 Å². The van der Waals surface area contributed by atoms with Crippen LogP contribution in [0.3, 0.4) is 0 Å². The van der Waals surface area contributed by atoms with Crippen LogP contribution >= 0.6 is 15.9 Å². The molecular formula is C12H10BrF6NO3. The Hall–Kier alpha value is -1.52. The second-order valence-corrected chi connectivity index (χ2v) is 4.65. The molecule has 0 amide bonds. The number of carbonyl (C=O) groups is 1. The highest BCUT2D eigenvalue weighted by molar-refractivity contribution is 9.08. The number of alkyl halides is 7. The first-order valence-electron chi connectivity index (χ1n) is 6.04. The molecule has 0 aliphatic carbocycles. The molecule has 1 heterocycles. The molecule has 0 N–H and O–H groups in total. The van der Waals surface area contributed by atoms with Crippen molar-refractivity contribution < 1.29 is 40.6 Å². The van der Waals surface area contributed by atoms with Crippen molar-refractivity contribution in [1.29, 1.82) is 0 Å². The molecule has 130 valence electrons. The molecule has 0 saturated heterocycles. The van der Waals surface area contributed by atoms with Gasteiger partial charge in [0.1, 0.15) is 0 Å². The fourth-order valence-corrected chi connectivity index (χ4v) is 2.08. The Morgan fingerprint density at radius 2 is 1.87 bits per heavy atom. The van der Waals surface area contributed by atoms with Crippen LogP contribution in [-0.2, 0) is 27.5 Å². The largest absolute Gasteiger partial charge is 0.573 e. The summed E-state index contributed by atoms with van der Waals surface area (Å²) in [6.45, 7) is 1.28. The summed E-state index contributed by atoms with van der Waals surface area (Å²) in [4.78, 5) is 14.8. The summed E-state index contributed by atoms with van der Waals surface area (Å²) >= 11 is 2.81. The zero-order valence-electron chi connectivity index (χ0n) is 11.5. The monoisotopic (exact) mass is 409 g/mol. The number of hydrogen-bond acceptors (Lipinski definition) is 4. The van der Waals surface area contributed by atoms with E-state index in [1.165, 1.54) is 6.92 Å². The molecule has 0 radical (unpaired) electrons. The van der Waals surface area contributed by atoms with Gasteiger partial charge in [0.15, 0.2) is 5.75 Å². The van der Waals surface area contributed by atoms with Gasteiger partial charge in [-0.05, 0) is 6.92 Å². The van der Waals surface area contributed by atoms with Crippen molar-refractivity contribution in [3.05, 3.63) is 23.0 Å². The summed E-state index contributed by atoms with van der Waals surface area (Å²) in [5.74, 6) is -2.27. The molecule has 0 aliphatic heterocycles. The van der Waals surface area contributed by atoms with Crippen LogP contribution in [0.2, 0.25) is 0 Å². The van der Waals surface area contributed by atoms with Gasteiger partial charge >= 0.3 is 18.5 Å². The third-order valence-corrected chi connectivity index (χ3v) is 3.02. The fraction of sp³-hybridized carbons (Fsp3) is 0.500. The van der Waals surface area contributed by atoms with E-state index in [0.717, 1.165) is 0 Å². The molecule has 1 aromatic heterocycles. The van der Waals surface area contributed by atoms with Crippen molar-refractivity contribution in [1.82, 2.24) is 4.98 Å². The fourth-order valence-electron chi connectivity index (χ4n) is 1.68. The van der Waals surface area contributed by atoms with E-state index in [-0.39, 0.29) is 11.9 Å². The molecule has 0 atom stereocenters. The Labute approximate surface area is 134 Å². The Bertz CT molecular complexity index is 573. The molecule has 0 fully saturated rings. The minimum atomic E-state index is -5.24. The lowest BCUT2D eigenvalue weighted by atomic mass is 10.0. The average Bonchev–Trinajstić information content (AvgIpc) is 2.37. The number of ether oxygens (including phenoxy) is 2. The predicted molar refractivity (Wildman–Crippen MR) is 68.9 cm³/mol. The van der Waals surface area contributed by atoms with E-state index in [2.05, 4.69) is 30.4 Å². The van der Waals surface area contributed by atoms with Gasteiger partial charge in [0.05, 0.1) is 24.3 Å². The van der Waals surface area contributed by atoms with Crippen molar-refractivity contribution in [2.45, 2.75) is 31.2 Å². The van der Waals surface area contributed by atoms with Crippen LogP contribution in [0.5, 0.6) is 5.75 Å². The Morgan fingerprint density at radius 1 is 1.26 bits per heavy atom. The van der Waals surface area contributed by atoms with Gasteiger partial charge in [-0.25, -0.2) is 0 Å². The van der Waals surface area contributed by atoms with Crippen molar-refractivity contribution in [3.8, 4) is 5.75 Å². The molecule has 23 heavy (non-hydrogen) atoms. The normalized spacial score (nSPS) is 12.2. The van der Waals surface area contributed by atoms with Crippen LogP contribution in [0.1, 0.15) is 23.7 Å². The van der Waals surface area contributed by atoms with Gasteiger partial charge in [-0.15, -0.1) is 13.2 Å². The number of halogens is 7. The minimum Gasteiger partial charge on any atom is -0.466 e. The number of pyridine rings is 1. The molecular weight excluding hydrogens is 400 g/mol. The second-order valence-electron chi connectivity index (χ2n) is 4.09. The maximum atomic E-state index is 13.0. The molecule has 0 aliphatic rings. The van der Waals surface area contributed by atoms with E-state index >= 15 is 0 Å². The maximum absolute atomic E-state index is 13.0. The standard InChI is InChI=1S/C12H10BrF6NO3/c1-2-22-9(21)3-6-7(11(14,15)16)5-20-8(4-13)10(6)23-12(17,18)19/h5H,2-4H2,1H3. The molecule has 11 heteroatoms. The lowest BCUT2D eigenvalue weighted by Crippen LogP contribution is -2.23. The molecule has 0 saturated carbocycles. The van der Waals surface area contributed by atoms with E-state index in [1.807, 2.05) is 0 Å². The van der Waals surface area contributed by atoms with Crippen molar-refractivity contribution in [2.75, 3.05) is 6.61 Å². The molecule has 0 bridgehead atoms. The zero-order valence-corrected chi connectivity index (χ0v) is 13.1. The summed E-state index contributed by atoms with van der Waals surface area (Å²) in [6, 6.07) is 0. The van der Waals surface area contributed by atoms with Crippen LogP contribution in [0.25, 0.3) is 0 Å². The summed E-state index contributed by atoms with van der Waals surface area (Å²) < 4.78 is 84.6. The van der Waals surface area contributed by atoms with Crippen LogP contribution < -0.4 is 4.74 Å². The van der Waals surface area contributed by atoms with Crippen molar-refractivity contribution in [3.63, 3.8) is 0 Å². The van der Waals surface area contributed by atoms with Crippen molar-refractivity contribution >= 4 is 21.9 Å². The number of nitrogens with zero attached hydrogens (tertiary/aromatic N) is 1. The van der Waals surface area contributed by atoms with Crippen LogP contribution in [0, 0.1) is 0 Å². The van der Waals surface area contributed by atoms with Gasteiger partial charge < -0.3 is 9.47 Å². The first-order chi connectivity index (χ1) is 10.5. The minimum absolute atomic E-state index is 0.133. The first-order valence-corrected chi connectivity index (χ1v) is 7.17. The quantitative estimate of drug-likeness (QED) is 0.419. The van der Waals surface area contributed by atoms with Gasteiger partial charge in [0, 0.05) is 17.1 Å². The predicted octanol–water partition coefficient (Wildman–Crippen LogP) is 4.00. The second kappa shape index (κ2) is 7.37. The Balaban J connectivity index is 3.50. The topological polar surface area (TPSA) is 48.4 Å². The van der Waals surface area contributed by atoms with Crippen LogP contribution in [0.15, 0.2) is 6.20 Å². The maximum Gasteiger partial charge on any atom is 0.573 e. The number of esters is 1. The van der Waals surface area contributed by atoms with E-state index in [1.54, 1.807) is 0 Å². The zero-order chi connectivity index (χ0) is 17.8. The average molecular weight is 410 g/mol. The number of aromatic nitrogens is 1. The van der Waals surface area contributed by atoms with Crippen molar-refractivity contribution in [2.24, 2.45) is 0 Å². The molecule has 1 aromatic rings. The van der Waals surface area contributed by atoms with E-state index in [9.17, 15) is 31.1 Å². The summed E-state index contributed by atoms with van der Waals surface area (Å²) in [5, 5.41) is -0.299. The molecule has 1 rings (SSSR count). The smallest absolute Gasteiger partial charge is 0.466 e. The van der Waals surface area contributed by atoms with Crippen LogP contribution in [0.4, 0.5) is 26.3 Å². The molecule has 0 aromatic carbocycles. The highest BCUT2D eigenvalue weighted by atomic mass is 79.9. The lowest BCUT2D eigenvalue weighted by Gasteiger charge is -2.19. The van der Waals surface area contributed by atoms with Gasteiger partial charge in [0.25, 0.3) is 0 Å². The summed E-state index contributed by atoms with van der Waals surface area (Å²) in [5.41, 5.74) is -2.89. The highest BCUT2D eigenvalue weighted by Gasteiger charge is 2.40. The third kappa shape index (κ3) is 5.56. The van der Waals surface area contributed by atoms with Gasteiger partial charge in [-0.3, -0.25) is 9.78 Å².